The third kappa shape index (κ3) is 1.88. The SMILES string of the molecule is Cn1c(=O)c2nnc(-c3ccccc3O)nc2n(C)c1=O. The highest BCUT2D eigenvalue weighted by molar-refractivity contribution is 5.72. The van der Waals surface area contributed by atoms with Crippen LogP contribution < -0.4 is 11.2 Å². The van der Waals surface area contributed by atoms with Gasteiger partial charge in [0.05, 0.1) is 5.56 Å². The Morgan fingerprint density at radius 1 is 1.05 bits per heavy atom. The van der Waals surface area contributed by atoms with Gasteiger partial charge in [0.25, 0.3) is 5.56 Å². The lowest BCUT2D eigenvalue weighted by molar-refractivity contribution is 0.477. The molecule has 8 heteroatoms. The number of nitrogens with zero attached hydrogens (tertiary/aromatic N) is 5. The molecular weight excluding hydrogens is 274 g/mol. The number of hydrogen-bond acceptors (Lipinski definition) is 6. The zero-order valence-corrected chi connectivity index (χ0v) is 11.3. The average molecular weight is 285 g/mol. The van der Waals surface area contributed by atoms with Gasteiger partial charge in [0.2, 0.25) is 0 Å². The number of para-hydroxylation sites is 1. The van der Waals surface area contributed by atoms with E-state index >= 15 is 0 Å². The summed E-state index contributed by atoms with van der Waals surface area (Å²) in [6, 6.07) is 6.49. The number of aryl methyl sites for hydroxylation is 1. The van der Waals surface area contributed by atoms with Crippen LogP contribution in [0.3, 0.4) is 0 Å². The molecule has 106 valence electrons. The van der Waals surface area contributed by atoms with Crippen LogP contribution >= 0.6 is 0 Å². The third-order valence-electron chi connectivity index (χ3n) is 3.21. The van der Waals surface area contributed by atoms with Crippen LogP contribution in [0.25, 0.3) is 22.6 Å². The molecule has 3 rings (SSSR count). The van der Waals surface area contributed by atoms with Crippen molar-refractivity contribution < 1.29 is 5.11 Å². The van der Waals surface area contributed by atoms with Gasteiger partial charge in [-0.25, -0.2) is 9.78 Å². The van der Waals surface area contributed by atoms with Gasteiger partial charge in [-0.1, -0.05) is 12.1 Å². The van der Waals surface area contributed by atoms with Crippen molar-refractivity contribution in [1.29, 1.82) is 0 Å². The minimum atomic E-state index is -0.558. The molecule has 2 heterocycles. The molecule has 0 bridgehead atoms. The fourth-order valence-electron chi connectivity index (χ4n) is 2.03. The number of hydrogen-bond donors (Lipinski definition) is 1. The van der Waals surface area contributed by atoms with Gasteiger partial charge in [0.1, 0.15) is 5.75 Å². The number of fused-ring (bicyclic) bond motifs is 1. The van der Waals surface area contributed by atoms with E-state index in [1.54, 1.807) is 18.2 Å². The van der Waals surface area contributed by atoms with Gasteiger partial charge in [-0.15, -0.1) is 10.2 Å². The van der Waals surface area contributed by atoms with E-state index in [0.29, 0.717) is 5.56 Å². The van der Waals surface area contributed by atoms with E-state index in [1.807, 2.05) is 0 Å². The zero-order chi connectivity index (χ0) is 15.1. The molecule has 1 N–H and O–H groups in total. The number of benzene rings is 1. The summed E-state index contributed by atoms with van der Waals surface area (Å²) in [5.74, 6) is 0.135. The molecule has 0 saturated heterocycles. The molecular formula is C13H11N5O3. The van der Waals surface area contributed by atoms with Crippen molar-refractivity contribution in [3.63, 3.8) is 0 Å². The maximum absolute atomic E-state index is 12.0. The molecule has 0 atom stereocenters. The zero-order valence-electron chi connectivity index (χ0n) is 11.3. The molecule has 0 unspecified atom stereocenters. The summed E-state index contributed by atoms with van der Waals surface area (Å²) >= 11 is 0. The Morgan fingerprint density at radius 2 is 1.76 bits per heavy atom. The van der Waals surface area contributed by atoms with Gasteiger partial charge in [-0.2, -0.15) is 0 Å². The van der Waals surface area contributed by atoms with Crippen LogP contribution in [0.5, 0.6) is 5.75 Å². The monoisotopic (exact) mass is 285 g/mol. The third-order valence-corrected chi connectivity index (χ3v) is 3.21. The Morgan fingerprint density at radius 3 is 2.48 bits per heavy atom. The second kappa shape index (κ2) is 4.51. The van der Waals surface area contributed by atoms with Crippen molar-refractivity contribution in [3.05, 3.63) is 45.1 Å². The Kier molecular flexibility index (Phi) is 2.79. The number of phenolic OH excluding ortho intramolecular Hbond substituents is 1. The maximum atomic E-state index is 12.0. The lowest BCUT2D eigenvalue weighted by Crippen LogP contribution is -2.38. The molecule has 0 spiro atoms. The predicted octanol–water partition coefficient (Wildman–Crippen LogP) is -0.205. The van der Waals surface area contributed by atoms with Crippen LogP contribution in [0.15, 0.2) is 33.9 Å². The summed E-state index contributed by atoms with van der Waals surface area (Å²) in [5, 5.41) is 17.5. The first kappa shape index (κ1) is 13.0. The summed E-state index contributed by atoms with van der Waals surface area (Å²) < 4.78 is 2.16. The Hall–Kier alpha value is -3.03. The van der Waals surface area contributed by atoms with Gasteiger partial charge >= 0.3 is 5.69 Å². The van der Waals surface area contributed by atoms with E-state index in [-0.39, 0.29) is 22.7 Å². The predicted molar refractivity (Wildman–Crippen MR) is 74.9 cm³/mol. The topological polar surface area (TPSA) is 103 Å². The number of rotatable bonds is 1. The first-order valence-corrected chi connectivity index (χ1v) is 6.09. The first-order valence-electron chi connectivity index (χ1n) is 6.09. The maximum Gasteiger partial charge on any atom is 0.332 e. The van der Waals surface area contributed by atoms with Crippen molar-refractivity contribution >= 4 is 11.2 Å². The summed E-state index contributed by atoms with van der Waals surface area (Å²) in [7, 11) is 2.86. The van der Waals surface area contributed by atoms with E-state index < -0.39 is 11.2 Å². The summed E-state index contributed by atoms with van der Waals surface area (Å²) in [6.45, 7) is 0. The molecule has 0 amide bonds. The minimum absolute atomic E-state index is 0.00114. The lowest BCUT2D eigenvalue weighted by Gasteiger charge is -2.07. The quantitative estimate of drug-likeness (QED) is 0.664. The normalized spacial score (nSPS) is 11.0. The van der Waals surface area contributed by atoms with Crippen molar-refractivity contribution in [2.24, 2.45) is 14.1 Å². The molecule has 0 aliphatic carbocycles. The van der Waals surface area contributed by atoms with Crippen molar-refractivity contribution in [3.8, 4) is 17.1 Å². The lowest BCUT2D eigenvalue weighted by atomic mass is 10.2. The van der Waals surface area contributed by atoms with Crippen molar-refractivity contribution in [2.45, 2.75) is 0 Å². The van der Waals surface area contributed by atoms with E-state index in [1.165, 1.54) is 24.7 Å². The van der Waals surface area contributed by atoms with E-state index in [4.69, 9.17) is 0 Å². The fraction of sp³-hybridized carbons (Fsp3) is 0.154. The van der Waals surface area contributed by atoms with E-state index in [9.17, 15) is 14.7 Å². The number of aromatic nitrogens is 5. The van der Waals surface area contributed by atoms with Crippen molar-refractivity contribution in [1.82, 2.24) is 24.3 Å². The first-order chi connectivity index (χ1) is 10.0. The molecule has 2 aromatic heterocycles. The molecule has 0 saturated carbocycles. The van der Waals surface area contributed by atoms with E-state index in [0.717, 1.165) is 4.57 Å². The molecule has 0 fully saturated rings. The average Bonchev–Trinajstić information content (AvgIpc) is 2.51. The molecule has 0 aliphatic heterocycles. The summed E-state index contributed by atoms with van der Waals surface area (Å²) in [5.41, 5.74) is -0.566. The molecule has 0 aliphatic rings. The van der Waals surface area contributed by atoms with Gasteiger partial charge < -0.3 is 5.11 Å². The summed E-state index contributed by atoms with van der Waals surface area (Å²) in [4.78, 5) is 28.1. The van der Waals surface area contributed by atoms with Crippen LogP contribution in [0.2, 0.25) is 0 Å². The Balaban J connectivity index is 2.39. The molecule has 8 nitrogen and oxygen atoms in total. The van der Waals surface area contributed by atoms with Crippen LogP contribution in [0.4, 0.5) is 0 Å². The number of aromatic hydroxyl groups is 1. The highest BCUT2D eigenvalue weighted by Crippen LogP contribution is 2.25. The van der Waals surface area contributed by atoms with Gasteiger partial charge in [0, 0.05) is 14.1 Å². The molecule has 0 radical (unpaired) electrons. The summed E-state index contributed by atoms with van der Waals surface area (Å²) in [6.07, 6.45) is 0. The van der Waals surface area contributed by atoms with Gasteiger partial charge in [-0.3, -0.25) is 13.9 Å². The Labute approximate surface area is 118 Å². The largest absolute Gasteiger partial charge is 0.507 e. The second-order valence-electron chi connectivity index (χ2n) is 4.53. The highest BCUT2D eigenvalue weighted by Gasteiger charge is 2.14. The highest BCUT2D eigenvalue weighted by atomic mass is 16.3. The van der Waals surface area contributed by atoms with Crippen LogP contribution in [-0.2, 0) is 14.1 Å². The van der Waals surface area contributed by atoms with Crippen molar-refractivity contribution in [2.75, 3.05) is 0 Å². The molecule has 3 aromatic rings. The smallest absolute Gasteiger partial charge is 0.332 e. The fourth-order valence-corrected chi connectivity index (χ4v) is 2.03. The minimum Gasteiger partial charge on any atom is -0.507 e. The van der Waals surface area contributed by atoms with Crippen LogP contribution in [0.1, 0.15) is 0 Å². The van der Waals surface area contributed by atoms with Gasteiger partial charge in [-0.05, 0) is 12.1 Å². The van der Waals surface area contributed by atoms with E-state index in [2.05, 4.69) is 15.2 Å². The standard InChI is InChI=1S/C13H11N5O3/c1-17-11-9(12(20)18(2)13(17)21)15-16-10(14-11)7-5-3-4-6-8(7)19/h3-6,19H,1-2H3. The molecule has 1 aromatic carbocycles. The second-order valence-corrected chi connectivity index (χ2v) is 4.53. The van der Waals surface area contributed by atoms with Crippen LogP contribution in [-0.4, -0.2) is 29.4 Å². The Bertz CT molecular complexity index is 974. The molecule has 21 heavy (non-hydrogen) atoms. The van der Waals surface area contributed by atoms with Gasteiger partial charge in [0.15, 0.2) is 17.0 Å². The number of phenols is 1. The van der Waals surface area contributed by atoms with Crippen LogP contribution in [0, 0.1) is 0 Å².